The second-order valence-electron chi connectivity index (χ2n) is 5.61. The first-order valence-electron chi connectivity index (χ1n) is 6.35. The average molecular weight is 309 g/mol. The molecule has 0 aromatic heterocycles. The summed E-state index contributed by atoms with van der Waals surface area (Å²) >= 11 is 3.49. The fraction of sp³-hybridized carbons (Fsp3) is 0.467. The third-order valence-electron chi connectivity index (χ3n) is 3.37. The summed E-state index contributed by atoms with van der Waals surface area (Å²) in [5.74, 6) is 0. The van der Waals surface area contributed by atoms with Crippen molar-refractivity contribution in [2.45, 2.75) is 25.4 Å². The van der Waals surface area contributed by atoms with Gasteiger partial charge in [-0.05, 0) is 19.4 Å². The molecule has 0 amide bonds. The zero-order valence-electron chi connectivity index (χ0n) is 11.1. The first kappa shape index (κ1) is 13.8. The van der Waals surface area contributed by atoms with Gasteiger partial charge in [0.2, 0.25) is 0 Å². The van der Waals surface area contributed by atoms with Gasteiger partial charge in [0.05, 0.1) is 0 Å². The van der Waals surface area contributed by atoms with Crippen molar-refractivity contribution < 1.29 is 0 Å². The molecule has 1 aliphatic heterocycles. The van der Waals surface area contributed by atoms with Crippen LogP contribution in [0.5, 0.6) is 0 Å². The van der Waals surface area contributed by atoms with Gasteiger partial charge >= 0.3 is 0 Å². The molecule has 98 valence electrons. The van der Waals surface area contributed by atoms with Crippen LogP contribution in [0.2, 0.25) is 0 Å². The lowest BCUT2D eigenvalue weighted by Gasteiger charge is -2.44. The molecular weight excluding hydrogens is 288 g/mol. The number of hydrogen-bond acceptors (Lipinski definition) is 2. The predicted molar refractivity (Wildman–Crippen MR) is 80.9 cm³/mol. The maximum atomic E-state index is 3.98. The van der Waals surface area contributed by atoms with E-state index in [9.17, 15) is 0 Å². The highest BCUT2D eigenvalue weighted by Crippen LogP contribution is 2.28. The van der Waals surface area contributed by atoms with Crippen LogP contribution in [0.4, 0.5) is 0 Å². The summed E-state index contributed by atoms with van der Waals surface area (Å²) in [5, 5.41) is 3.62. The number of piperazine rings is 1. The Balaban J connectivity index is 2.20. The molecule has 1 unspecified atom stereocenters. The van der Waals surface area contributed by atoms with E-state index in [-0.39, 0.29) is 5.54 Å². The molecule has 1 atom stereocenters. The van der Waals surface area contributed by atoms with Crippen molar-refractivity contribution in [1.29, 1.82) is 0 Å². The van der Waals surface area contributed by atoms with Gasteiger partial charge in [0, 0.05) is 35.7 Å². The van der Waals surface area contributed by atoms with Crippen LogP contribution in [0.1, 0.15) is 25.5 Å². The van der Waals surface area contributed by atoms with Crippen molar-refractivity contribution in [2.75, 3.05) is 19.6 Å². The summed E-state index contributed by atoms with van der Waals surface area (Å²) in [6, 6.07) is 11.1. The third-order valence-corrected chi connectivity index (χ3v) is 3.62. The SMILES string of the molecule is C=C(Br)CN1CC(C)(C)NCC1c1ccccc1. The molecule has 0 bridgehead atoms. The van der Waals surface area contributed by atoms with Gasteiger partial charge in [0.1, 0.15) is 0 Å². The highest BCUT2D eigenvalue weighted by Gasteiger charge is 2.33. The summed E-state index contributed by atoms with van der Waals surface area (Å²) in [7, 11) is 0. The normalized spacial score (nSPS) is 23.8. The molecule has 1 aromatic rings. The summed E-state index contributed by atoms with van der Waals surface area (Å²) < 4.78 is 1.04. The van der Waals surface area contributed by atoms with E-state index in [0.717, 1.165) is 24.1 Å². The summed E-state index contributed by atoms with van der Waals surface area (Å²) in [6.07, 6.45) is 0. The molecule has 0 spiro atoms. The van der Waals surface area contributed by atoms with Crippen molar-refractivity contribution in [2.24, 2.45) is 0 Å². The number of nitrogens with zero attached hydrogens (tertiary/aromatic N) is 1. The highest BCUT2D eigenvalue weighted by molar-refractivity contribution is 9.11. The molecular formula is C15H21BrN2. The summed E-state index contributed by atoms with van der Waals surface area (Å²) in [6.45, 7) is 11.4. The molecule has 1 heterocycles. The van der Waals surface area contributed by atoms with Crippen molar-refractivity contribution in [1.82, 2.24) is 10.2 Å². The topological polar surface area (TPSA) is 15.3 Å². The van der Waals surface area contributed by atoms with Crippen LogP contribution in [0.15, 0.2) is 41.4 Å². The summed E-state index contributed by atoms with van der Waals surface area (Å²) in [4.78, 5) is 2.49. The van der Waals surface area contributed by atoms with E-state index in [1.54, 1.807) is 0 Å². The quantitative estimate of drug-likeness (QED) is 0.921. The Morgan fingerprint density at radius 2 is 2.11 bits per heavy atom. The molecule has 0 saturated carbocycles. The molecule has 1 aromatic carbocycles. The van der Waals surface area contributed by atoms with Gasteiger partial charge in [-0.3, -0.25) is 4.90 Å². The Hall–Kier alpha value is -0.640. The minimum absolute atomic E-state index is 0.160. The number of benzene rings is 1. The Bertz CT molecular complexity index is 414. The van der Waals surface area contributed by atoms with Crippen molar-refractivity contribution in [3.8, 4) is 0 Å². The van der Waals surface area contributed by atoms with Gasteiger partial charge in [0.25, 0.3) is 0 Å². The van der Waals surface area contributed by atoms with Gasteiger partial charge < -0.3 is 5.32 Å². The van der Waals surface area contributed by atoms with Crippen LogP contribution in [-0.2, 0) is 0 Å². The van der Waals surface area contributed by atoms with E-state index in [1.807, 2.05) is 0 Å². The molecule has 1 fully saturated rings. The van der Waals surface area contributed by atoms with Crippen LogP contribution in [-0.4, -0.2) is 30.1 Å². The van der Waals surface area contributed by atoms with Crippen molar-refractivity contribution in [3.05, 3.63) is 47.0 Å². The molecule has 18 heavy (non-hydrogen) atoms. The van der Waals surface area contributed by atoms with E-state index in [4.69, 9.17) is 0 Å². The second-order valence-corrected chi connectivity index (χ2v) is 6.73. The number of rotatable bonds is 3. The second kappa shape index (κ2) is 5.55. The van der Waals surface area contributed by atoms with Gasteiger partial charge in [-0.2, -0.15) is 0 Å². The van der Waals surface area contributed by atoms with Crippen LogP contribution in [0.25, 0.3) is 0 Å². The molecule has 0 aliphatic carbocycles. The minimum Gasteiger partial charge on any atom is -0.309 e. The van der Waals surface area contributed by atoms with E-state index in [2.05, 4.69) is 76.9 Å². The lowest BCUT2D eigenvalue weighted by atomic mass is 9.95. The zero-order chi connectivity index (χ0) is 13.2. The standard InChI is InChI=1S/C15H21BrN2/c1-12(16)10-18-11-15(2,3)17-9-14(18)13-7-5-4-6-8-13/h4-8,14,17H,1,9-11H2,2-3H3. The van der Waals surface area contributed by atoms with Crippen LogP contribution in [0, 0.1) is 0 Å². The van der Waals surface area contributed by atoms with E-state index in [1.165, 1.54) is 5.56 Å². The predicted octanol–water partition coefficient (Wildman–Crippen LogP) is 3.32. The first-order chi connectivity index (χ1) is 8.48. The van der Waals surface area contributed by atoms with Crippen LogP contribution >= 0.6 is 15.9 Å². The van der Waals surface area contributed by atoms with Gasteiger partial charge in [-0.25, -0.2) is 0 Å². The Morgan fingerprint density at radius 3 is 2.72 bits per heavy atom. The number of hydrogen-bond donors (Lipinski definition) is 1. The smallest absolute Gasteiger partial charge is 0.0477 e. The van der Waals surface area contributed by atoms with E-state index < -0.39 is 0 Å². The molecule has 2 rings (SSSR count). The number of halogens is 1. The van der Waals surface area contributed by atoms with Crippen molar-refractivity contribution in [3.63, 3.8) is 0 Å². The monoisotopic (exact) mass is 308 g/mol. The highest BCUT2D eigenvalue weighted by atomic mass is 79.9. The molecule has 1 N–H and O–H groups in total. The molecule has 2 nitrogen and oxygen atoms in total. The van der Waals surface area contributed by atoms with Gasteiger partial charge in [-0.15, -0.1) is 0 Å². The molecule has 1 saturated heterocycles. The maximum absolute atomic E-state index is 3.98. The largest absolute Gasteiger partial charge is 0.309 e. The average Bonchev–Trinajstić information content (AvgIpc) is 2.28. The minimum atomic E-state index is 0.160. The Labute approximate surface area is 118 Å². The molecule has 0 radical (unpaired) electrons. The first-order valence-corrected chi connectivity index (χ1v) is 7.14. The fourth-order valence-electron chi connectivity index (χ4n) is 2.57. The Kier molecular flexibility index (Phi) is 4.25. The lowest BCUT2D eigenvalue weighted by Crippen LogP contribution is -2.58. The van der Waals surface area contributed by atoms with E-state index >= 15 is 0 Å². The van der Waals surface area contributed by atoms with Crippen LogP contribution < -0.4 is 5.32 Å². The lowest BCUT2D eigenvalue weighted by molar-refractivity contribution is 0.107. The molecule has 1 aliphatic rings. The third kappa shape index (κ3) is 3.44. The fourth-order valence-corrected chi connectivity index (χ4v) is 2.89. The molecule has 3 heteroatoms. The summed E-state index contributed by atoms with van der Waals surface area (Å²) in [5.41, 5.74) is 1.53. The number of nitrogens with one attached hydrogen (secondary N) is 1. The maximum Gasteiger partial charge on any atom is 0.0477 e. The van der Waals surface area contributed by atoms with Crippen molar-refractivity contribution >= 4 is 15.9 Å². The zero-order valence-corrected chi connectivity index (χ0v) is 12.7. The van der Waals surface area contributed by atoms with Crippen LogP contribution in [0.3, 0.4) is 0 Å². The van der Waals surface area contributed by atoms with Gasteiger partial charge in [0.15, 0.2) is 0 Å². The Morgan fingerprint density at radius 1 is 1.44 bits per heavy atom. The van der Waals surface area contributed by atoms with E-state index in [0.29, 0.717) is 6.04 Å². The van der Waals surface area contributed by atoms with Gasteiger partial charge in [-0.1, -0.05) is 52.8 Å².